The molecule has 0 aromatic carbocycles. The van der Waals surface area contributed by atoms with Gasteiger partial charge >= 0.3 is 0 Å². The topological polar surface area (TPSA) is 108 Å². The first-order valence-electron chi connectivity index (χ1n) is 11.6. The Morgan fingerprint density at radius 2 is 2.15 bits per heavy atom. The van der Waals surface area contributed by atoms with Crippen molar-refractivity contribution in [3.05, 3.63) is 24.8 Å². The van der Waals surface area contributed by atoms with Gasteiger partial charge in [0.2, 0.25) is 5.92 Å². The van der Waals surface area contributed by atoms with E-state index in [-0.39, 0.29) is 31.0 Å². The van der Waals surface area contributed by atoms with Crippen molar-refractivity contribution in [2.24, 2.45) is 5.92 Å². The van der Waals surface area contributed by atoms with Crippen LogP contribution in [0.2, 0.25) is 25.7 Å². The Kier molecular flexibility index (Phi) is 6.73. The number of hydrogen-bond donors (Lipinski definition) is 1. The number of aromatic nitrogens is 5. The Bertz CT molecular complexity index is 1190. The van der Waals surface area contributed by atoms with E-state index in [9.17, 15) is 14.0 Å². The molecule has 2 N–H and O–H groups in total. The number of alkyl halides is 2. The Labute approximate surface area is 198 Å². The van der Waals surface area contributed by atoms with Crippen LogP contribution in [0.3, 0.4) is 0 Å². The van der Waals surface area contributed by atoms with E-state index < -0.39 is 20.0 Å². The van der Waals surface area contributed by atoms with Gasteiger partial charge in [0.05, 0.1) is 29.8 Å². The molecule has 0 radical (unpaired) electrons. The van der Waals surface area contributed by atoms with Gasteiger partial charge in [0.25, 0.3) is 0 Å². The molecule has 3 heterocycles. The summed E-state index contributed by atoms with van der Waals surface area (Å²) in [5, 5.41) is 14.5. The summed E-state index contributed by atoms with van der Waals surface area (Å²) in [5.41, 5.74) is 8.17. The average molecular weight is 488 g/mol. The highest BCUT2D eigenvalue weighted by atomic mass is 28.3. The molecule has 0 aliphatic heterocycles. The minimum absolute atomic E-state index is 0.0889. The quantitative estimate of drug-likeness (QED) is 0.333. The highest BCUT2D eigenvalue weighted by Crippen LogP contribution is 2.45. The maximum absolute atomic E-state index is 13.8. The lowest BCUT2D eigenvalue weighted by atomic mass is 9.95. The zero-order valence-electron chi connectivity index (χ0n) is 19.8. The van der Waals surface area contributed by atoms with E-state index in [4.69, 9.17) is 10.5 Å². The molecule has 8 nitrogen and oxygen atoms in total. The average Bonchev–Trinajstić information content (AvgIpc) is 3.45. The van der Waals surface area contributed by atoms with Gasteiger partial charge in [-0.25, -0.2) is 18.7 Å². The van der Waals surface area contributed by atoms with Crippen molar-refractivity contribution in [2.75, 3.05) is 12.3 Å². The van der Waals surface area contributed by atoms with Crippen LogP contribution in [0.25, 0.3) is 22.3 Å². The number of fused-ring (bicyclic) bond motifs is 1. The molecule has 11 heteroatoms. The SMILES string of the molecule is C[Si](C)(C)CCOCn1ccc2c(-c3cn(C(CC#N)C4CCC(F)(F)C4)nc3N)ncnc21. The number of rotatable bonds is 9. The normalized spacial score (nSPS) is 18.9. The minimum Gasteiger partial charge on any atom is -0.382 e. The van der Waals surface area contributed by atoms with E-state index in [1.165, 1.54) is 6.33 Å². The van der Waals surface area contributed by atoms with E-state index in [0.29, 0.717) is 36.7 Å². The summed E-state index contributed by atoms with van der Waals surface area (Å²) in [7, 11) is -1.17. The second kappa shape index (κ2) is 9.42. The number of nitrogens with two attached hydrogens (primary N) is 1. The van der Waals surface area contributed by atoms with E-state index in [1.54, 1.807) is 10.9 Å². The van der Waals surface area contributed by atoms with Crippen LogP contribution >= 0.6 is 0 Å². The standard InChI is InChI=1S/C23H31F2N7OSi/c1-34(2,3)11-10-33-15-31-9-6-17-20(28-14-29-22(17)31)18-13-32(30-21(18)27)19(5-8-26)16-4-7-23(24,25)12-16/h6,9,13-14,16,19H,4-5,7,10-12,15H2,1-3H3,(H2,27,30). The predicted octanol–water partition coefficient (Wildman–Crippen LogP) is 5.08. The fourth-order valence-corrected chi connectivity index (χ4v) is 5.26. The molecular formula is C23H31F2N7OSi. The summed E-state index contributed by atoms with van der Waals surface area (Å²) in [6, 6.07) is 4.65. The first-order valence-corrected chi connectivity index (χ1v) is 15.3. The number of halogens is 2. The van der Waals surface area contributed by atoms with E-state index in [1.807, 2.05) is 16.8 Å². The molecule has 0 spiro atoms. The van der Waals surface area contributed by atoms with Crippen LogP contribution in [0.15, 0.2) is 24.8 Å². The van der Waals surface area contributed by atoms with Gasteiger partial charge in [-0.15, -0.1) is 0 Å². The molecule has 0 amide bonds. The second-order valence-corrected chi connectivity index (χ2v) is 15.9. The van der Waals surface area contributed by atoms with Gasteiger partial charge in [-0.1, -0.05) is 19.6 Å². The number of nitrogens with zero attached hydrogens (tertiary/aromatic N) is 6. The number of anilines is 1. The molecule has 2 atom stereocenters. The minimum atomic E-state index is -2.70. The van der Waals surface area contributed by atoms with Crippen LogP contribution in [0.5, 0.6) is 0 Å². The van der Waals surface area contributed by atoms with E-state index >= 15 is 0 Å². The molecule has 4 rings (SSSR count). The van der Waals surface area contributed by atoms with Crippen molar-refractivity contribution in [2.45, 2.75) is 70.1 Å². The zero-order valence-corrected chi connectivity index (χ0v) is 20.8. The van der Waals surface area contributed by atoms with E-state index in [2.05, 4.69) is 40.8 Å². The maximum Gasteiger partial charge on any atom is 0.248 e. The van der Waals surface area contributed by atoms with Crippen LogP contribution in [0.1, 0.15) is 31.7 Å². The van der Waals surface area contributed by atoms with Crippen molar-refractivity contribution in [1.82, 2.24) is 24.3 Å². The number of hydrogen-bond acceptors (Lipinski definition) is 6. The Balaban J connectivity index is 1.59. The lowest BCUT2D eigenvalue weighted by Gasteiger charge is -2.21. The Hall–Kier alpha value is -2.84. The first kappa shape index (κ1) is 24.3. The highest BCUT2D eigenvalue weighted by molar-refractivity contribution is 6.76. The van der Waals surface area contributed by atoms with Gasteiger partial charge in [0, 0.05) is 45.3 Å². The van der Waals surface area contributed by atoms with Gasteiger partial charge in [-0.2, -0.15) is 10.4 Å². The largest absolute Gasteiger partial charge is 0.382 e. The molecular weight excluding hydrogens is 456 g/mol. The Morgan fingerprint density at radius 1 is 1.35 bits per heavy atom. The van der Waals surface area contributed by atoms with Crippen molar-refractivity contribution in [3.8, 4) is 17.3 Å². The molecule has 34 heavy (non-hydrogen) atoms. The van der Waals surface area contributed by atoms with Crippen molar-refractivity contribution < 1.29 is 13.5 Å². The van der Waals surface area contributed by atoms with Gasteiger partial charge in [-0.3, -0.25) is 4.68 Å². The highest BCUT2D eigenvalue weighted by Gasteiger charge is 2.43. The summed E-state index contributed by atoms with van der Waals surface area (Å²) in [6.45, 7) is 8.02. The summed E-state index contributed by atoms with van der Waals surface area (Å²) in [6.07, 6.45) is 5.13. The molecule has 1 aliphatic carbocycles. The van der Waals surface area contributed by atoms with E-state index in [0.717, 1.165) is 11.4 Å². The monoisotopic (exact) mass is 487 g/mol. The predicted molar refractivity (Wildman–Crippen MR) is 129 cm³/mol. The molecule has 2 unspecified atom stereocenters. The molecule has 0 bridgehead atoms. The zero-order chi connectivity index (χ0) is 24.5. The molecule has 1 fully saturated rings. The number of nitriles is 1. The van der Waals surface area contributed by atoms with Crippen LogP contribution in [-0.2, 0) is 11.5 Å². The molecule has 1 saturated carbocycles. The lowest BCUT2D eigenvalue weighted by Crippen LogP contribution is -2.22. The van der Waals surface area contributed by atoms with Gasteiger partial charge in [0.15, 0.2) is 5.82 Å². The molecule has 1 aliphatic rings. The van der Waals surface area contributed by atoms with Gasteiger partial charge < -0.3 is 15.0 Å². The van der Waals surface area contributed by atoms with Gasteiger partial charge in [-0.05, 0) is 24.4 Å². The third-order valence-electron chi connectivity index (χ3n) is 6.42. The van der Waals surface area contributed by atoms with Crippen LogP contribution < -0.4 is 5.73 Å². The smallest absolute Gasteiger partial charge is 0.248 e. The molecule has 0 saturated heterocycles. The number of ether oxygens (including phenoxy) is 1. The van der Waals surface area contributed by atoms with Crippen LogP contribution in [0, 0.1) is 17.2 Å². The van der Waals surface area contributed by atoms with Crippen LogP contribution in [0.4, 0.5) is 14.6 Å². The second-order valence-electron chi connectivity index (χ2n) is 10.3. The fourth-order valence-electron chi connectivity index (χ4n) is 4.50. The lowest BCUT2D eigenvalue weighted by molar-refractivity contribution is 0.00235. The summed E-state index contributed by atoms with van der Waals surface area (Å²) in [4.78, 5) is 8.86. The number of nitrogen functional groups attached to an aromatic ring is 1. The fraction of sp³-hybridized carbons (Fsp3) is 0.565. The molecule has 3 aromatic rings. The maximum atomic E-state index is 13.8. The van der Waals surface area contributed by atoms with Crippen LogP contribution in [-0.4, -0.2) is 44.9 Å². The van der Waals surface area contributed by atoms with Crippen molar-refractivity contribution in [1.29, 1.82) is 5.26 Å². The third kappa shape index (κ3) is 5.28. The summed E-state index contributed by atoms with van der Waals surface area (Å²) in [5.74, 6) is -2.79. The third-order valence-corrected chi connectivity index (χ3v) is 8.13. The molecule has 3 aromatic heterocycles. The summed E-state index contributed by atoms with van der Waals surface area (Å²) < 4.78 is 37.1. The summed E-state index contributed by atoms with van der Waals surface area (Å²) >= 11 is 0. The van der Waals surface area contributed by atoms with Gasteiger partial charge in [0.1, 0.15) is 18.7 Å². The van der Waals surface area contributed by atoms with Crippen molar-refractivity contribution in [3.63, 3.8) is 0 Å². The van der Waals surface area contributed by atoms with Crippen molar-refractivity contribution >= 4 is 24.9 Å². The first-order chi connectivity index (χ1) is 16.1. The molecule has 182 valence electrons. The Morgan fingerprint density at radius 3 is 2.82 bits per heavy atom.